The molecule has 0 spiro atoms. The lowest BCUT2D eigenvalue weighted by Crippen LogP contribution is -2.35. The van der Waals surface area contributed by atoms with Crippen molar-refractivity contribution in [1.29, 1.82) is 0 Å². The molecule has 0 amide bonds. The Kier molecular flexibility index (Phi) is 8.25. The van der Waals surface area contributed by atoms with Crippen LogP contribution in [0.1, 0.15) is 51.1 Å². The summed E-state index contributed by atoms with van der Waals surface area (Å²) >= 11 is 0. The molecule has 0 atom stereocenters. The molecule has 1 aliphatic carbocycles. The minimum Gasteiger partial charge on any atom is -0.393 e. The Morgan fingerprint density at radius 1 is 1.12 bits per heavy atom. The smallest absolute Gasteiger partial charge is 0.224 e. The van der Waals surface area contributed by atoms with Crippen LogP contribution in [0.4, 0.5) is 11.8 Å². The number of nitrogens with zero attached hydrogens (tertiary/aromatic N) is 4. The van der Waals surface area contributed by atoms with Crippen LogP contribution in [-0.4, -0.2) is 70.0 Å². The average Bonchev–Trinajstić information content (AvgIpc) is 2.82. The third kappa shape index (κ3) is 6.37. The average molecular weight is 441 g/mol. The molecule has 32 heavy (non-hydrogen) atoms. The molecular weight excluding hydrogens is 404 g/mol. The van der Waals surface area contributed by atoms with E-state index in [4.69, 9.17) is 14.7 Å². The molecule has 2 aliphatic rings. The van der Waals surface area contributed by atoms with E-state index in [0.29, 0.717) is 12.0 Å². The molecule has 1 aliphatic heterocycles. The van der Waals surface area contributed by atoms with Gasteiger partial charge in [0.25, 0.3) is 0 Å². The summed E-state index contributed by atoms with van der Waals surface area (Å²) in [5.74, 6) is 1.46. The van der Waals surface area contributed by atoms with Gasteiger partial charge in [-0.25, -0.2) is 4.98 Å². The molecule has 1 saturated heterocycles. The summed E-state index contributed by atoms with van der Waals surface area (Å²) in [6.45, 7) is 7.29. The lowest BCUT2D eigenvalue weighted by atomic mass is 9.93. The number of ether oxygens (including phenoxy) is 1. The van der Waals surface area contributed by atoms with Crippen LogP contribution in [0.2, 0.25) is 0 Å². The molecule has 3 heterocycles. The zero-order valence-corrected chi connectivity index (χ0v) is 19.1. The third-order valence-electron chi connectivity index (χ3n) is 6.21. The number of rotatable bonds is 9. The molecular formula is C24H36N6O2. The Labute approximate surface area is 190 Å². The molecule has 2 fully saturated rings. The van der Waals surface area contributed by atoms with Crippen LogP contribution in [0.15, 0.2) is 24.4 Å². The van der Waals surface area contributed by atoms with Gasteiger partial charge in [-0.15, -0.1) is 0 Å². The molecule has 174 valence electrons. The minimum absolute atomic E-state index is 0.178. The number of aliphatic hydroxyl groups excluding tert-OH is 1. The highest BCUT2D eigenvalue weighted by Crippen LogP contribution is 2.29. The first kappa shape index (κ1) is 22.9. The van der Waals surface area contributed by atoms with E-state index in [2.05, 4.69) is 39.6 Å². The molecule has 0 aromatic carbocycles. The normalized spacial score (nSPS) is 21.9. The highest BCUT2D eigenvalue weighted by Gasteiger charge is 2.22. The Hall–Kier alpha value is -2.29. The monoisotopic (exact) mass is 440 g/mol. The van der Waals surface area contributed by atoms with Gasteiger partial charge in [0.15, 0.2) is 0 Å². The number of aliphatic hydroxyl groups is 1. The zero-order valence-electron chi connectivity index (χ0n) is 19.1. The summed E-state index contributed by atoms with van der Waals surface area (Å²) in [5.41, 5.74) is 2.84. The summed E-state index contributed by atoms with van der Waals surface area (Å²) in [6.07, 6.45) is 7.44. The van der Waals surface area contributed by atoms with Crippen molar-refractivity contribution in [3.05, 3.63) is 30.1 Å². The number of anilines is 2. The summed E-state index contributed by atoms with van der Waals surface area (Å²) in [4.78, 5) is 16.7. The first-order valence-electron chi connectivity index (χ1n) is 12.0. The molecule has 8 heteroatoms. The molecule has 0 unspecified atom stereocenters. The fraction of sp³-hybridized carbons (Fsp3) is 0.625. The van der Waals surface area contributed by atoms with Crippen LogP contribution in [0.3, 0.4) is 0 Å². The van der Waals surface area contributed by atoms with Gasteiger partial charge in [-0.2, -0.15) is 4.98 Å². The Balaban J connectivity index is 1.55. The fourth-order valence-corrected chi connectivity index (χ4v) is 4.26. The van der Waals surface area contributed by atoms with Gasteiger partial charge in [0.1, 0.15) is 5.82 Å². The molecule has 0 bridgehead atoms. The van der Waals surface area contributed by atoms with Gasteiger partial charge in [0, 0.05) is 38.4 Å². The van der Waals surface area contributed by atoms with E-state index in [1.807, 2.05) is 12.3 Å². The van der Waals surface area contributed by atoms with Gasteiger partial charge >= 0.3 is 0 Å². The first-order chi connectivity index (χ1) is 15.7. The molecule has 2 aromatic heterocycles. The molecule has 4 rings (SSSR count). The topological polar surface area (TPSA) is 95.4 Å². The molecule has 2 aromatic rings. The SMILES string of the molecule is CCCCNc1ncc(-c2cccc(CN3CCOCC3)n2)c(N[C@H]2CC[C@H](O)CC2)n1. The second-order valence-electron chi connectivity index (χ2n) is 8.79. The van der Waals surface area contributed by atoms with Crippen molar-refractivity contribution in [3.8, 4) is 11.3 Å². The number of pyridine rings is 1. The first-order valence-corrected chi connectivity index (χ1v) is 12.0. The Bertz CT molecular complexity index is 850. The molecule has 8 nitrogen and oxygen atoms in total. The van der Waals surface area contributed by atoms with Gasteiger partial charge < -0.3 is 20.5 Å². The predicted molar refractivity (Wildman–Crippen MR) is 127 cm³/mol. The van der Waals surface area contributed by atoms with E-state index in [-0.39, 0.29) is 6.10 Å². The van der Waals surface area contributed by atoms with E-state index >= 15 is 0 Å². The van der Waals surface area contributed by atoms with Crippen LogP contribution in [-0.2, 0) is 11.3 Å². The summed E-state index contributed by atoms with van der Waals surface area (Å²) in [6, 6.07) is 6.47. The van der Waals surface area contributed by atoms with Crippen LogP contribution < -0.4 is 10.6 Å². The number of hydrogen-bond donors (Lipinski definition) is 3. The largest absolute Gasteiger partial charge is 0.393 e. The number of aromatic nitrogens is 3. The van der Waals surface area contributed by atoms with E-state index < -0.39 is 0 Å². The summed E-state index contributed by atoms with van der Waals surface area (Å²) < 4.78 is 5.46. The van der Waals surface area contributed by atoms with Crippen molar-refractivity contribution in [2.24, 2.45) is 0 Å². The van der Waals surface area contributed by atoms with Crippen LogP contribution in [0.5, 0.6) is 0 Å². The highest BCUT2D eigenvalue weighted by atomic mass is 16.5. The third-order valence-corrected chi connectivity index (χ3v) is 6.21. The van der Waals surface area contributed by atoms with Crippen molar-refractivity contribution < 1.29 is 9.84 Å². The van der Waals surface area contributed by atoms with Gasteiger partial charge in [-0.05, 0) is 44.2 Å². The van der Waals surface area contributed by atoms with Gasteiger partial charge in [0.05, 0.1) is 36.3 Å². The van der Waals surface area contributed by atoms with Crippen molar-refractivity contribution in [2.75, 3.05) is 43.5 Å². The number of morpholine rings is 1. The minimum atomic E-state index is -0.178. The van der Waals surface area contributed by atoms with Crippen molar-refractivity contribution >= 4 is 11.8 Å². The second-order valence-corrected chi connectivity index (χ2v) is 8.79. The van der Waals surface area contributed by atoms with E-state index in [0.717, 1.165) is 101 Å². The van der Waals surface area contributed by atoms with Crippen LogP contribution in [0, 0.1) is 0 Å². The number of hydrogen-bond acceptors (Lipinski definition) is 8. The van der Waals surface area contributed by atoms with Crippen molar-refractivity contribution in [1.82, 2.24) is 19.9 Å². The summed E-state index contributed by atoms with van der Waals surface area (Å²) in [7, 11) is 0. The molecule has 3 N–H and O–H groups in total. The predicted octanol–water partition coefficient (Wildman–Crippen LogP) is 3.30. The number of nitrogens with one attached hydrogen (secondary N) is 2. The highest BCUT2D eigenvalue weighted by molar-refractivity contribution is 5.73. The number of unbranched alkanes of at least 4 members (excludes halogenated alkanes) is 1. The van der Waals surface area contributed by atoms with Crippen molar-refractivity contribution in [2.45, 2.75) is 64.1 Å². The summed E-state index contributed by atoms with van der Waals surface area (Å²) in [5, 5.41) is 16.8. The van der Waals surface area contributed by atoms with E-state index in [1.165, 1.54) is 0 Å². The lowest BCUT2D eigenvalue weighted by molar-refractivity contribution is 0.0336. The lowest BCUT2D eigenvalue weighted by Gasteiger charge is -2.27. The zero-order chi connectivity index (χ0) is 22.2. The Morgan fingerprint density at radius 2 is 1.94 bits per heavy atom. The maximum atomic E-state index is 9.87. The van der Waals surface area contributed by atoms with E-state index in [1.54, 1.807) is 0 Å². The van der Waals surface area contributed by atoms with Gasteiger partial charge in [-0.1, -0.05) is 19.4 Å². The standard InChI is InChI=1S/C24H36N6O2/c1-2-3-11-25-24-26-16-21(23(29-24)28-18-7-9-20(31)10-8-18)22-6-4-5-19(27-22)17-30-12-14-32-15-13-30/h4-6,16,18,20,31H,2-3,7-15,17H2,1H3,(H2,25,26,28,29)/t18-,20-. The maximum absolute atomic E-state index is 9.87. The van der Waals surface area contributed by atoms with Gasteiger partial charge in [-0.3, -0.25) is 9.88 Å². The van der Waals surface area contributed by atoms with E-state index in [9.17, 15) is 5.11 Å². The van der Waals surface area contributed by atoms with Gasteiger partial charge in [0.2, 0.25) is 5.95 Å². The van der Waals surface area contributed by atoms with Crippen LogP contribution in [0.25, 0.3) is 11.3 Å². The molecule has 1 saturated carbocycles. The van der Waals surface area contributed by atoms with Crippen LogP contribution >= 0.6 is 0 Å². The molecule has 0 radical (unpaired) electrons. The fourth-order valence-electron chi connectivity index (χ4n) is 4.26. The maximum Gasteiger partial charge on any atom is 0.224 e. The quantitative estimate of drug-likeness (QED) is 0.511. The Morgan fingerprint density at radius 3 is 2.72 bits per heavy atom. The second kappa shape index (κ2) is 11.5. The van der Waals surface area contributed by atoms with Crippen molar-refractivity contribution in [3.63, 3.8) is 0 Å².